The zero-order valence-corrected chi connectivity index (χ0v) is 15.8. The van der Waals surface area contributed by atoms with Gasteiger partial charge >= 0.3 is 0 Å². The van der Waals surface area contributed by atoms with Crippen molar-refractivity contribution in [1.82, 2.24) is 19.6 Å². The second kappa shape index (κ2) is 5.84. The van der Waals surface area contributed by atoms with Crippen LogP contribution < -0.4 is 4.90 Å². The van der Waals surface area contributed by atoms with Gasteiger partial charge in [-0.2, -0.15) is 0 Å². The Bertz CT molecular complexity index is 1000. The fraction of sp³-hybridized carbons (Fsp3) is 0.450. The van der Waals surface area contributed by atoms with Gasteiger partial charge in [-0.1, -0.05) is 17.3 Å². The van der Waals surface area contributed by atoms with E-state index in [-0.39, 0.29) is 5.91 Å². The van der Waals surface area contributed by atoms with Crippen LogP contribution in [0.2, 0.25) is 0 Å². The minimum atomic E-state index is 0.0509. The van der Waals surface area contributed by atoms with Crippen LogP contribution in [0.1, 0.15) is 21.8 Å². The Balaban J connectivity index is 1.33. The number of hydrogen-bond acceptors (Lipinski definition) is 5. The molecule has 2 aliphatic heterocycles. The highest BCUT2D eigenvalue weighted by Crippen LogP contribution is 2.35. The number of fused-ring (bicyclic) bond motifs is 2. The standard InChI is InChI=1S/C20H23N5O2/c1-12-18(13(2)27-22-12)19(26)24-8-14-10-25(11-15(14)9-24)20-21-16-6-4-5-7-17(16)23(20)3/h4-7,14-15H,8-11H2,1-3H3. The monoisotopic (exact) mass is 365 g/mol. The first kappa shape index (κ1) is 16.4. The zero-order chi connectivity index (χ0) is 18.7. The fourth-order valence-corrected chi connectivity index (χ4v) is 4.68. The maximum atomic E-state index is 12.9. The number of para-hydroxylation sites is 2. The summed E-state index contributed by atoms with van der Waals surface area (Å²) in [5, 5.41) is 3.92. The Kier molecular flexibility index (Phi) is 3.54. The number of imidazole rings is 1. The molecular formula is C20H23N5O2. The van der Waals surface area contributed by atoms with Gasteiger partial charge in [-0.3, -0.25) is 4.79 Å². The molecule has 0 radical (unpaired) electrons. The molecule has 5 rings (SSSR count). The number of aromatic nitrogens is 3. The van der Waals surface area contributed by atoms with E-state index in [0.717, 1.165) is 43.2 Å². The van der Waals surface area contributed by atoms with Crippen molar-refractivity contribution in [2.24, 2.45) is 18.9 Å². The third-order valence-electron chi connectivity index (χ3n) is 6.07. The molecule has 27 heavy (non-hydrogen) atoms. The first-order valence-electron chi connectivity index (χ1n) is 9.41. The quantitative estimate of drug-likeness (QED) is 0.698. The molecule has 3 aromatic rings. The highest BCUT2D eigenvalue weighted by atomic mass is 16.5. The summed E-state index contributed by atoms with van der Waals surface area (Å²) in [5.41, 5.74) is 3.49. The molecule has 140 valence electrons. The summed E-state index contributed by atoms with van der Waals surface area (Å²) in [6.45, 7) is 7.08. The summed E-state index contributed by atoms with van der Waals surface area (Å²) >= 11 is 0. The molecule has 4 heterocycles. The predicted octanol–water partition coefficient (Wildman–Crippen LogP) is 2.39. The van der Waals surface area contributed by atoms with Gasteiger partial charge in [0.15, 0.2) is 0 Å². The predicted molar refractivity (Wildman–Crippen MR) is 102 cm³/mol. The number of rotatable bonds is 2. The number of amides is 1. The molecule has 1 amide bonds. The number of benzene rings is 1. The van der Waals surface area contributed by atoms with Crippen molar-refractivity contribution in [2.45, 2.75) is 13.8 Å². The van der Waals surface area contributed by atoms with Gasteiger partial charge < -0.3 is 18.9 Å². The van der Waals surface area contributed by atoms with Crippen molar-refractivity contribution in [2.75, 3.05) is 31.1 Å². The van der Waals surface area contributed by atoms with E-state index in [1.165, 1.54) is 0 Å². The van der Waals surface area contributed by atoms with E-state index in [1.54, 1.807) is 6.92 Å². The molecule has 7 heteroatoms. The lowest BCUT2D eigenvalue weighted by molar-refractivity contribution is 0.0780. The third-order valence-corrected chi connectivity index (χ3v) is 6.07. The summed E-state index contributed by atoms with van der Waals surface area (Å²) in [5.74, 6) is 2.64. The Hall–Kier alpha value is -2.83. The second-order valence-corrected chi connectivity index (χ2v) is 7.79. The van der Waals surface area contributed by atoms with Crippen molar-refractivity contribution < 1.29 is 9.32 Å². The first-order valence-corrected chi connectivity index (χ1v) is 9.41. The molecule has 7 nitrogen and oxygen atoms in total. The van der Waals surface area contributed by atoms with Crippen LogP contribution >= 0.6 is 0 Å². The lowest BCUT2D eigenvalue weighted by atomic mass is 10.0. The lowest BCUT2D eigenvalue weighted by Crippen LogP contribution is -2.34. The number of carbonyl (C=O) groups is 1. The normalized spacial score (nSPS) is 22.0. The van der Waals surface area contributed by atoms with Crippen LogP contribution in [0.25, 0.3) is 11.0 Å². The van der Waals surface area contributed by atoms with Crippen LogP contribution in [0.3, 0.4) is 0 Å². The molecular weight excluding hydrogens is 342 g/mol. The summed E-state index contributed by atoms with van der Waals surface area (Å²) in [4.78, 5) is 22.1. The molecule has 2 aliphatic rings. The van der Waals surface area contributed by atoms with Crippen LogP contribution in [-0.4, -0.2) is 51.7 Å². The van der Waals surface area contributed by atoms with Gasteiger partial charge in [0.2, 0.25) is 5.95 Å². The molecule has 0 bridgehead atoms. The SMILES string of the molecule is Cc1noc(C)c1C(=O)N1CC2CN(c3nc4ccccc4n3C)CC2C1. The first-order chi connectivity index (χ1) is 13.0. The van der Waals surface area contributed by atoms with Gasteiger partial charge in [0.25, 0.3) is 5.91 Å². The molecule has 0 aliphatic carbocycles. The maximum absolute atomic E-state index is 12.9. The molecule has 2 saturated heterocycles. The number of likely N-dealkylation sites (tertiary alicyclic amines) is 1. The van der Waals surface area contributed by atoms with Crippen molar-refractivity contribution >= 4 is 22.9 Å². The molecule has 2 aromatic heterocycles. The highest BCUT2D eigenvalue weighted by Gasteiger charge is 2.43. The molecule has 0 N–H and O–H groups in total. The fourth-order valence-electron chi connectivity index (χ4n) is 4.68. The van der Waals surface area contributed by atoms with Crippen molar-refractivity contribution in [3.05, 3.63) is 41.3 Å². The largest absolute Gasteiger partial charge is 0.361 e. The summed E-state index contributed by atoms with van der Waals surface area (Å²) < 4.78 is 7.34. The number of hydrogen-bond donors (Lipinski definition) is 0. The minimum absolute atomic E-state index is 0.0509. The number of nitrogens with zero attached hydrogens (tertiary/aromatic N) is 5. The number of carbonyl (C=O) groups excluding carboxylic acids is 1. The van der Waals surface area contributed by atoms with Crippen molar-refractivity contribution in [3.8, 4) is 0 Å². The van der Waals surface area contributed by atoms with E-state index in [4.69, 9.17) is 9.51 Å². The molecule has 2 atom stereocenters. The molecule has 0 saturated carbocycles. The van der Waals surface area contributed by atoms with E-state index >= 15 is 0 Å². The van der Waals surface area contributed by atoms with Crippen molar-refractivity contribution in [1.29, 1.82) is 0 Å². The van der Waals surface area contributed by atoms with Crippen LogP contribution in [0.15, 0.2) is 28.8 Å². The minimum Gasteiger partial charge on any atom is -0.361 e. The Labute approximate surface area is 157 Å². The van der Waals surface area contributed by atoms with E-state index < -0.39 is 0 Å². The molecule has 2 unspecified atom stereocenters. The summed E-state index contributed by atoms with van der Waals surface area (Å²) in [7, 11) is 2.08. The van der Waals surface area contributed by atoms with Gasteiger partial charge in [0.1, 0.15) is 11.3 Å². The van der Waals surface area contributed by atoms with E-state index in [1.807, 2.05) is 24.0 Å². The van der Waals surface area contributed by atoms with Crippen LogP contribution in [0.4, 0.5) is 5.95 Å². The van der Waals surface area contributed by atoms with Gasteiger partial charge in [-0.05, 0) is 26.0 Å². The Morgan fingerprint density at radius 2 is 1.81 bits per heavy atom. The lowest BCUT2D eigenvalue weighted by Gasteiger charge is -2.22. The molecule has 1 aromatic carbocycles. The van der Waals surface area contributed by atoms with E-state index in [2.05, 4.69) is 33.8 Å². The summed E-state index contributed by atoms with van der Waals surface area (Å²) in [6, 6.07) is 8.23. The van der Waals surface area contributed by atoms with Crippen LogP contribution in [-0.2, 0) is 7.05 Å². The van der Waals surface area contributed by atoms with E-state index in [0.29, 0.717) is 28.9 Å². The average Bonchev–Trinajstić information content (AvgIpc) is 3.37. The van der Waals surface area contributed by atoms with Crippen LogP contribution in [0.5, 0.6) is 0 Å². The highest BCUT2D eigenvalue weighted by molar-refractivity contribution is 5.96. The van der Waals surface area contributed by atoms with E-state index in [9.17, 15) is 4.79 Å². The maximum Gasteiger partial charge on any atom is 0.259 e. The topological polar surface area (TPSA) is 67.4 Å². The average molecular weight is 365 g/mol. The zero-order valence-electron chi connectivity index (χ0n) is 15.8. The molecule has 0 spiro atoms. The third kappa shape index (κ3) is 2.44. The van der Waals surface area contributed by atoms with Crippen molar-refractivity contribution in [3.63, 3.8) is 0 Å². The van der Waals surface area contributed by atoms with Gasteiger partial charge in [-0.25, -0.2) is 4.98 Å². The summed E-state index contributed by atoms with van der Waals surface area (Å²) in [6.07, 6.45) is 0. The van der Waals surface area contributed by atoms with Crippen LogP contribution in [0, 0.1) is 25.7 Å². The Morgan fingerprint density at radius 1 is 1.11 bits per heavy atom. The van der Waals surface area contributed by atoms with Gasteiger partial charge in [0.05, 0.1) is 16.7 Å². The van der Waals surface area contributed by atoms with Gasteiger partial charge in [-0.15, -0.1) is 0 Å². The smallest absolute Gasteiger partial charge is 0.259 e. The number of anilines is 1. The molecule has 2 fully saturated rings. The van der Waals surface area contributed by atoms with Gasteiger partial charge in [0, 0.05) is 45.1 Å². The Morgan fingerprint density at radius 3 is 2.44 bits per heavy atom. The number of aryl methyl sites for hydroxylation is 3. The second-order valence-electron chi connectivity index (χ2n) is 7.79.